The molecule has 3 aromatic carbocycles. The van der Waals surface area contributed by atoms with Crippen LogP contribution in [0.5, 0.6) is 0 Å². The van der Waals surface area contributed by atoms with Crippen LogP contribution in [-0.4, -0.2) is 36.1 Å². The second-order valence-electron chi connectivity index (χ2n) is 7.95. The normalized spacial score (nSPS) is 11.7. The van der Waals surface area contributed by atoms with Gasteiger partial charge in [-0.3, -0.25) is 14.7 Å². The Kier molecular flexibility index (Phi) is 6.72. The van der Waals surface area contributed by atoms with Gasteiger partial charge in [-0.05, 0) is 19.1 Å². The van der Waals surface area contributed by atoms with Crippen molar-refractivity contribution in [3.63, 3.8) is 0 Å². The third kappa shape index (κ3) is 5.11. The zero-order chi connectivity index (χ0) is 24.9. The second kappa shape index (κ2) is 10.4. The van der Waals surface area contributed by atoms with Gasteiger partial charge in [0.05, 0.1) is 10.9 Å². The van der Waals surface area contributed by atoms with Gasteiger partial charge in [0.15, 0.2) is 0 Å². The van der Waals surface area contributed by atoms with E-state index in [2.05, 4.69) is 20.6 Å². The molecule has 2 N–H and O–H groups in total. The number of carbonyl (C=O) groups excluding carboxylic acids is 1. The van der Waals surface area contributed by atoms with Gasteiger partial charge < -0.3 is 5.32 Å². The number of anilines is 1. The summed E-state index contributed by atoms with van der Waals surface area (Å²) in [4.78, 5) is 30.0. The Balaban J connectivity index is 1.36. The minimum Gasteiger partial charge on any atom is -0.310 e. The molecule has 1 atom stereocenters. The monoisotopic (exact) mass is 494 g/mol. The third-order valence-electron chi connectivity index (χ3n) is 5.41. The lowest BCUT2D eigenvalue weighted by Gasteiger charge is -2.12. The van der Waals surface area contributed by atoms with E-state index in [1.54, 1.807) is 19.1 Å². The average molecular weight is 495 g/mol. The topological polar surface area (TPSA) is 106 Å². The van der Waals surface area contributed by atoms with Gasteiger partial charge in [0.25, 0.3) is 5.56 Å². The van der Waals surface area contributed by atoms with Gasteiger partial charge in [-0.25, -0.2) is 9.67 Å². The fraction of sp³-hybridized carbons (Fsp3) is 0.0741. The van der Waals surface area contributed by atoms with Crippen molar-refractivity contribution in [2.24, 2.45) is 0 Å². The number of hydrogen-bond donors (Lipinski definition) is 2. The summed E-state index contributed by atoms with van der Waals surface area (Å²) in [5, 5.41) is 14.3. The Bertz CT molecular complexity index is 1540. The van der Waals surface area contributed by atoms with E-state index >= 15 is 0 Å². The van der Waals surface area contributed by atoms with E-state index in [1.807, 2.05) is 78.9 Å². The van der Waals surface area contributed by atoms with Crippen molar-refractivity contribution in [2.75, 3.05) is 5.32 Å². The Hall–Kier alpha value is -4.50. The lowest BCUT2D eigenvalue weighted by Crippen LogP contribution is -2.23. The molecule has 1 unspecified atom stereocenters. The molecule has 5 rings (SSSR count). The number of hydrogen-bond acceptors (Lipinski definition) is 6. The molecular weight excluding hydrogens is 472 g/mol. The van der Waals surface area contributed by atoms with Crippen LogP contribution in [0.4, 0.5) is 5.82 Å². The number of para-hydroxylation sites is 1. The van der Waals surface area contributed by atoms with E-state index in [9.17, 15) is 9.59 Å². The van der Waals surface area contributed by atoms with Gasteiger partial charge in [0.1, 0.15) is 17.2 Å². The van der Waals surface area contributed by atoms with Crippen LogP contribution < -0.4 is 10.9 Å². The molecule has 0 radical (unpaired) electrons. The van der Waals surface area contributed by atoms with Crippen LogP contribution in [0.2, 0.25) is 0 Å². The zero-order valence-corrected chi connectivity index (χ0v) is 20.1. The van der Waals surface area contributed by atoms with Gasteiger partial charge in [-0.2, -0.15) is 0 Å². The van der Waals surface area contributed by atoms with E-state index < -0.39 is 5.25 Å². The fourth-order valence-electron chi connectivity index (χ4n) is 3.62. The SMILES string of the molecule is CC(Sc1nnc(-c2ccccc2)c(-c2ccccc2)n1)C(=O)Nc1cc(=O)n(-c2ccccc2)[nH]1. The maximum absolute atomic E-state index is 12.9. The molecule has 9 heteroatoms. The Labute approximate surface area is 211 Å². The lowest BCUT2D eigenvalue weighted by atomic mass is 10.0. The standard InChI is InChI=1S/C27H22N6O2S/c1-18(26(35)28-22-17-23(34)33(32-22)21-15-9-4-10-16-21)36-27-29-24(19-11-5-2-6-12-19)25(30-31-27)20-13-7-3-8-14-20/h2-18,32H,1H3,(H,28,35). The number of rotatable bonds is 7. The first-order valence-electron chi connectivity index (χ1n) is 11.3. The first kappa shape index (κ1) is 23.3. The number of thioether (sulfide) groups is 1. The van der Waals surface area contributed by atoms with Crippen LogP contribution in [0.15, 0.2) is 107 Å². The van der Waals surface area contributed by atoms with E-state index in [-0.39, 0.29) is 11.5 Å². The van der Waals surface area contributed by atoms with Crippen molar-refractivity contribution in [3.05, 3.63) is 107 Å². The van der Waals surface area contributed by atoms with E-state index in [0.717, 1.165) is 11.1 Å². The minimum absolute atomic E-state index is 0.270. The van der Waals surface area contributed by atoms with Crippen LogP contribution in [0.3, 0.4) is 0 Å². The summed E-state index contributed by atoms with van der Waals surface area (Å²) in [6, 6.07) is 30.0. The molecule has 5 aromatic rings. The molecule has 178 valence electrons. The third-order valence-corrected chi connectivity index (χ3v) is 6.36. The van der Waals surface area contributed by atoms with E-state index in [1.165, 1.54) is 22.5 Å². The van der Waals surface area contributed by atoms with Gasteiger partial charge >= 0.3 is 0 Å². The Morgan fingerprint density at radius 2 is 1.44 bits per heavy atom. The van der Waals surface area contributed by atoms with Crippen molar-refractivity contribution in [1.29, 1.82) is 0 Å². The molecule has 1 amide bonds. The molecule has 0 saturated carbocycles. The average Bonchev–Trinajstić information content (AvgIpc) is 3.29. The first-order chi connectivity index (χ1) is 17.6. The van der Waals surface area contributed by atoms with Crippen LogP contribution >= 0.6 is 11.8 Å². The summed E-state index contributed by atoms with van der Waals surface area (Å²) in [7, 11) is 0. The molecule has 2 heterocycles. The summed E-state index contributed by atoms with van der Waals surface area (Å²) in [6.45, 7) is 1.75. The maximum atomic E-state index is 12.9. The maximum Gasteiger partial charge on any atom is 0.273 e. The highest BCUT2D eigenvalue weighted by molar-refractivity contribution is 8.00. The van der Waals surface area contributed by atoms with Crippen molar-refractivity contribution in [1.82, 2.24) is 25.0 Å². The number of carbonyl (C=O) groups is 1. The predicted molar refractivity (Wildman–Crippen MR) is 141 cm³/mol. The van der Waals surface area contributed by atoms with Crippen LogP contribution in [-0.2, 0) is 4.79 Å². The fourth-order valence-corrected chi connectivity index (χ4v) is 4.34. The number of aromatic amines is 1. The molecule has 0 aliphatic heterocycles. The molecule has 0 aliphatic rings. The second-order valence-corrected chi connectivity index (χ2v) is 9.26. The molecule has 0 saturated heterocycles. The lowest BCUT2D eigenvalue weighted by molar-refractivity contribution is -0.115. The number of nitrogens with zero attached hydrogens (tertiary/aromatic N) is 4. The summed E-state index contributed by atoms with van der Waals surface area (Å²) in [5.74, 6) is 0.0169. The smallest absolute Gasteiger partial charge is 0.273 e. The summed E-state index contributed by atoms with van der Waals surface area (Å²) in [5.41, 5.74) is 3.58. The van der Waals surface area contributed by atoms with Crippen LogP contribution in [0, 0.1) is 0 Å². The van der Waals surface area contributed by atoms with E-state index in [4.69, 9.17) is 4.98 Å². The largest absolute Gasteiger partial charge is 0.310 e. The molecule has 8 nitrogen and oxygen atoms in total. The summed E-state index contributed by atoms with van der Waals surface area (Å²) < 4.78 is 1.37. The molecule has 0 bridgehead atoms. The highest BCUT2D eigenvalue weighted by Gasteiger charge is 2.20. The Morgan fingerprint density at radius 3 is 2.08 bits per heavy atom. The molecule has 2 aromatic heterocycles. The molecule has 0 spiro atoms. The number of nitrogens with one attached hydrogen (secondary N) is 2. The summed E-state index contributed by atoms with van der Waals surface area (Å²) >= 11 is 1.20. The quantitative estimate of drug-likeness (QED) is 0.315. The van der Waals surface area contributed by atoms with Gasteiger partial charge in [-0.1, -0.05) is 90.6 Å². The van der Waals surface area contributed by atoms with Crippen LogP contribution in [0.1, 0.15) is 6.92 Å². The number of H-pyrrole nitrogens is 1. The highest BCUT2D eigenvalue weighted by atomic mass is 32.2. The van der Waals surface area contributed by atoms with Crippen molar-refractivity contribution in [2.45, 2.75) is 17.3 Å². The zero-order valence-electron chi connectivity index (χ0n) is 19.3. The molecular formula is C27H22N6O2S. The molecule has 36 heavy (non-hydrogen) atoms. The molecule has 0 fully saturated rings. The van der Waals surface area contributed by atoms with E-state index in [0.29, 0.717) is 28.0 Å². The van der Waals surface area contributed by atoms with Crippen molar-refractivity contribution in [3.8, 4) is 28.2 Å². The van der Waals surface area contributed by atoms with Crippen molar-refractivity contribution >= 4 is 23.5 Å². The molecule has 0 aliphatic carbocycles. The number of amides is 1. The van der Waals surface area contributed by atoms with Gasteiger partial charge in [-0.15, -0.1) is 10.2 Å². The summed E-state index contributed by atoms with van der Waals surface area (Å²) in [6.07, 6.45) is 0. The Morgan fingerprint density at radius 1 is 0.861 bits per heavy atom. The predicted octanol–water partition coefficient (Wildman–Crippen LogP) is 4.80. The number of benzene rings is 3. The van der Waals surface area contributed by atoms with Crippen molar-refractivity contribution < 1.29 is 4.79 Å². The van der Waals surface area contributed by atoms with Gasteiger partial charge in [0, 0.05) is 17.2 Å². The van der Waals surface area contributed by atoms with Gasteiger partial charge in [0.2, 0.25) is 11.1 Å². The first-order valence-corrected chi connectivity index (χ1v) is 12.2. The van der Waals surface area contributed by atoms with Crippen LogP contribution in [0.25, 0.3) is 28.2 Å². The highest BCUT2D eigenvalue weighted by Crippen LogP contribution is 2.30. The minimum atomic E-state index is -0.540. The number of aromatic nitrogens is 5.